The van der Waals surface area contributed by atoms with E-state index in [1.165, 1.54) is 54.3 Å². The molecule has 0 bridgehead atoms. The van der Waals surface area contributed by atoms with Crippen LogP contribution in [0.2, 0.25) is 0 Å². The van der Waals surface area contributed by atoms with Gasteiger partial charge in [0.05, 0.1) is 11.0 Å². The topological polar surface area (TPSA) is 33.6 Å². The van der Waals surface area contributed by atoms with Crippen molar-refractivity contribution >= 4 is 54.3 Å². The maximum atomic E-state index is 4.61. The zero-order chi connectivity index (χ0) is 19.7. The van der Waals surface area contributed by atoms with Crippen LogP contribution < -0.4 is 0 Å². The molecule has 0 unspecified atom stereocenters. The number of fused-ring (bicyclic) bond motifs is 10. The number of nitrogens with zero attached hydrogens (tertiary/aromatic N) is 2. The van der Waals surface area contributed by atoms with Gasteiger partial charge in [0.25, 0.3) is 0 Å². The molecule has 0 saturated carbocycles. The number of nitrogens with one attached hydrogen (secondary N) is 1. The second-order valence-corrected chi connectivity index (χ2v) is 7.77. The van der Waals surface area contributed by atoms with Crippen molar-refractivity contribution in [2.24, 2.45) is 0 Å². The van der Waals surface area contributed by atoms with Crippen LogP contribution in [-0.2, 0) is 0 Å². The molecular formula is C27H17N3. The van der Waals surface area contributed by atoms with E-state index < -0.39 is 0 Å². The van der Waals surface area contributed by atoms with E-state index in [4.69, 9.17) is 0 Å². The highest BCUT2D eigenvalue weighted by molar-refractivity contribution is 6.34. The zero-order valence-corrected chi connectivity index (χ0v) is 16.1. The summed E-state index contributed by atoms with van der Waals surface area (Å²) in [5, 5.41) is 8.82. The van der Waals surface area contributed by atoms with Crippen LogP contribution >= 0.6 is 0 Å². The molecule has 0 saturated heterocycles. The minimum absolute atomic E-state index is 0.932. The molecule has 30 heavy (non-hydrogen) atoms. The minimum Gasteiger partial charge on any atom is -0.354 e. The molecule has 0 atom stereocenters. The van der Waals surface area contributed by atoms with Crippen molar-refractivity contribution in [3.63, 3.8) is 0 Å². The van der Waals surface area contributed by atoms with Gasteiger partial charge < -0.3 is 9.55 Å². The summed E-state index contributed by atoms with van der Waals surface area (Å²) in [4.78, 5) is 8.34. The summed E-state index contributed by atoms with van der Waals surface area (Å²) < 4.78 is 2.21. The highest BCUT2D eigenvalue weighted by atomic mass is 15.0. The Kier molecular flexibility index (Phi) is 3.00. The van der Waals surface area contributed by atoms with Crippen LogP contribution in [0.4, 0.5) is 0 Å². The normalized spacial score (nSPS) is 12.0. The molecule has 0 amide bonds. The third kappa shape index (κ3) is 1.96. The molecule has 0 aliphatic carbocycles. The number of benzene rings is 4. The van der Waals surface area contributed by atoms with Crippen LogP contribution in [0, 0.1) is 0 Å². The average Bonchev–Trinajstić information content (AvgIpc) is 3.42. The smallest absolute Gasteiger partial charge is 0.137 e. The first kappa shape index (κ1) is 15.8. The average molecular weight is 383 g/mol. The van der Waals surface area contributed by atoms with Crippen molar-refractivity contribution in [3.05, 3.63) is 97.3 Å². The summed E-state index contributed by atoms with van der Waals surface area (Å²) in [6.07, 6.45) is 3.99. The van der Waals surface area contributed by atoms with E-state index in [0.29, 0.717) is 0 Å². The monoisotopic (exact) mass is 383 g/mol. The number of H-pyrrole nitrogens is 1. The molecule has 3 heterocycles. The van der Waals surface area contributed by atoms with E-state index in [1.807, 2.05) is 18.3 Å². The highest BCUT2D eigenvalue weighted by Crippen LogP contribution is 2.42. The molecule has 0 spiro atoms. The largest absolute Gasteiger partial charge is 0.354 e. The summed E-state index contributed by atoms with van der Waals surface area (Å²) in [6, 6.07) is 30.0. The molecule has 0 aliphatic rings. The van der Waals surface area contributed by atoms with E-state index in [0.717, 1.165) is 5.82 Å². The molecule has 1 N–H and O–H groups in total. The summed E-state index contributed by atoms with van der Waals surface area (Å²) >= 11 is 0. The Bertz CT molecular complexity index is 1740. The van der Waals surface area contributed by atoms with Crippen molar-refractivity contribution in [1.82, 2.24) is 14.5 Å². The van der Waals surface area contributed by atoms with Crippen LogP contribution in [-0.4, -0.2) is 14.5 Å². The number of hydrogen-bond acceptors (Lipinski definition) is 1. The van der Waals surface area contributed by atoms with Gasteiger partial charge in [0.1, 0.15) is 5.82 Å². The quantitative estimate of drug-likeness (QED) is 0.326. The van der Waals surface area contributed by atoms with E-state index >= 15 is 0 Å². The first-order chi connectivity index (χ1) is 14.9. The fourth-order valence-corrected chi connectivity index (χ4v) is 4.94. The Morgan fingerprint density at radius 2 is 1.43 bits per heavy atom. The van der Waals surface area contributed by atoms with Crippen LogP contribution in [0.3, 0.4) is 0 Å². The van der Waals surface area contributed by atoms with Gasteiger partial charge in [-0.15, -0.1) is 0 Å². The molecule has 3 heteroatoms. The lowest BCUT2D eigenvalue weighted by molar-refractivity contribution is 1.05. The van der Waals surface area contributed by atoms with E-state index in [9.17, 15) is 0 Å². The predicted octanol–water partition coefficient (Wildman–Crippen LogP) is 6.97. The van der Waals surface area contributed by atoms with Gasteiger partial charge in [-0.05, 0) is 35.0 Å². The SMILES string of the molecule is c1ccc(-n2ccc3c4c([nH]c5ccc6ccccc6c54)c4ccccc4c32)nc1. The molecule has 7 aromatic rings. The molecule has 4 aromatic carbocycles. The molecule has 140 valence electrons. The molecule has 3 nitrogen and oxygen atoms in total. The van der Waals surface area contributed by atoms with Gasteiger partial charge in [0.2, 0.25) is 0 Å². The van der Waals surface area contributed by atoms with Crippen LogP contribution in [0.5, 0.6) is 0 Å². The van der Waals surface area contributed by atoms with Gasteiger partial charge in [-0.25, -0.2) is 4.98 Å². The van der Waals surface area contributed by atoms with Crippen molar-refractivity contribution in [1.29, 1.82) is 0 Å². The number of pyridine rings is 1. The second-order valence-electron chi connectivity index (χ2n) is 7.77. The Morgan fingerprint density at radius 1 is 0.633 bits per heavy atom. The molecule has 0 fully saturated rings. The van der Waals surface area contributed by atoms with Gasteiger partial charge >= 0.3 is 0 Å². The summed E-state index contributed by atoms with van der Waals surface area (Å²) in [7, 11) is 0. The summed E-state index contributed by atoms with van der Waals surface area (Å²) in [6.45, 7) is 0. The fraction of sp³-hybridized carbons (Fsp3) is 0. The van der Waals surface area contributed by atoms with Crippen LogP contribution in [0.15, 0.2) is 97.3 Å². The van der Waals surface area contributed by atoms with Crippen molar-refractivity contribution in [3.8, 4) is 5.82 Å². The lowest BCUT2D eigenvalue weighted by atomic mass is 9.98. The molecule has 3 aromatic heterocycles. The molecular weight excluding hydrogens is 366 g/mol. The Balaban J connectivity index is 1.80. The maximum Gasteiger partial charge on any atom is 0.137 e. The van der Waals surface area contributed by atoms with E-state index in [2.05, 4.69) is 93.5 Å². The van der Waals surface area contributed by atoms with Gasteiger partial charge in [-0.2, -0.15) is 0 Å². The first-order valence-corrected chi connectivity index (χ1v) is 10.2. The summed E-state index contributed by atoms with van der Waals surface area (Å²) in [5.74, 6) is 0.932. The van der Waals surface area contributed by atoms with Crippen molar-refractivity contribution < 1.29 is 0 Å². The number of aromatic nitrogens is 3. The number of hydrogen-bond donors (Lipinski definition) is 1. The number of rotatable bonds is 1. The lowest BCUT2D eigenvalue weighted by Gasteiger charge is -2.09. The Morgan fingerprint density at radius 3 is 2.30 bits per heavy atom. The molecule has 0 radical (unpaired) electrons. The third-order valence-corrected chi connectivity index (χ3v) is 6.19. The van der Waals surface area contributed by atoms with Gasteiger partial charge in [0, 0.05) is 44.8 Å². The van der Waals surface area contributed by atoms with Crippen LogP contribution in [0.1, 0.15) is 0 Å². The van der Waals surface area contributed by atoms with Crippen molar-refractivity contribution in [2.45, 2.75) is 0 Å². The fourth-order valence-electron chi connectivity index (χ4n) is 4.94. The third-order valence-electron chi connectivity index (χ3n) is 6.19. The van der Waals surface area contributed by atoms with Gasteiger partial charge in [0.15, 0.2) is 0 Å². The van der Waals surface area contributed by atoms with E-state index in [1.54, 1.807) is 0 Å². The summed E-state index contributed by atoms with van der Waals surface area (Å²) in [5.41, 5.74) is 3.57. The Labute approximate surface area is 172 Å². The standard InChI is InChI=1S/C27H17N3/c1-2-8-18-17(7-1)12-13-22-24(18)25-21-14-16-30(23-11-5-6-15-28-23)27(21)20-10-4-3-9-19(20)26(25)29-22/h1-16,29H. The predicted molar refractivity (Wildman–Crippen MR) is 125 cm³/mol. The van der Waals surface area contributed by atoms with E-state index in [-0.39, 0.29) is 0 Å². The lowest BCUT2D eigenvalue weighted by Crippen LogP contribution is -1.95. The first-order valence-electron chi connectivity index (χ1n) is 10.2. The number of aromatic amines is 1. The maximum absolute atomic E-state index is 4.61. The highest BCUT2D eigenvalue weighted by Gasteiger charge is 2.18. The second kappa shape index (κ2) is 5.71. The van der Waals surface area contributed by atoms with Gasteiger partial charge in [-0.3, -0.25) is 0 Å². The molecule has 7 rings (SSSR count). The molecule has 0 aliphatic heterocycles. The van der Waals surface area contributed by atoms with Crippen LogP contribution in [0.25, 0.3) is 60.1 Å². The van der Waals surface area contributed by atoms with Crippen molar-refractivity contribution in [2.75, 3.05) is 0 Å². The van der Waals surface area contributed by atoms with Gasteiger partial charge in [-0.1, -0.05) is 60.7 Å². The Hall–Kier alpha value is -4.11. The minimum atomic E-state index is 0.932. The zero-order valence-electron chi connectivity index (χ0n) is 16.1.